The van der Waals surface area contributed by atoms with Crippen LogP contribution in [0.4, 0.5) is 13.2 Å². The summed E-state index contributed by atoms with van der Waals surface area (Å²) in [4.78, 5) is 12.8. The molecule has 1 saturated heterocycles. The molecule has 0 aromatic carbocycles. The predicted octanol–water partition coefficient (Wildman–Crippen LogP) is 1.79. The van der Waals surface area contributed by atoms with Crippen molar-refractivity contribution in [2.75, 3.05) is 26.2 Å². The lowest BCUT2D eigenvalue weighted by Gasteiger charge is -2.29. The Balaban J connectivity index is 2.43. The Morgan fingerprint density at radius 3 is 2.65 bits per heavy atom. The van der Waals surface area contributed by atoms with Crippen LogP contribution >= 0.6 is 0 Å². The highest BCUT2D eigenvalue weighted by atomic mass is 19.4. The summed E-state index contributed by atoms with van der Waals surface area (Å²) >= 11 is 0. The van der Waals surface area contributed by atoms with E-state index in [9.17, 15) is 18.0 Å². The summed E-state index contributed by atoms with van der Waals surface area (Å²) in [6.45, 7) is 4.23. The topological polar surface area (TPSA) is 32.3 Å². The van der Waals surface area contributed by atoms with Gasteiger partial charge in [0.05, 0.1) is 0 Å². The summed E-state index contributed by atoms with van der Waals surface area (Å²) in [5.41, 5.74) is 0. The minimum absolute atomic E-state index is 0.279. The van der Waals surface area contributed by atoms with Crippen molar-refractivity contribution in [3.05, 3.63) is 0 Å². The molecule has 3 nitrogen and oxygen atoms in total. The maximum absolute atomic E-state index is 12.1. The van der Waals surface area contributed by atoms with Crippen molar-refractivity contribution in [1.82, 2.24) is 10.2 Å². The molecule has 1 fully saturated rings. The van der Waals surface area contributed by atoms with Gasteiger partial charge in [0, 0.05) is 13.1 Å². The minimum atomic E-state index is -4.41. The van der Waals surface area contributed by atoms with Crippen LogP contribution in [0.15, 0.2) is 0 Å². The summed E-state index contributed by atoms with van der Waals surface area (Å²) < 4.78 is 36.4. The van der Waals surface area contributed by atoms with Crippen LogP contribution < -0.4 is 5.32 Å². The lowest BCUT2D eigenvalue weighted by Crippen LogP contribution is -2.42. The number of piperidine rings is 1. The number of hydrogen-bond acceptors (Lipinski definition) is 2. The molecule has 1 aliphatic heterocycles. The number of alkyl halides is 3. The molecule has 1 atom stereocenters. The van der Waals surface area contributed by atoms with Gasteiger partial charge < -0.3 is 10.2 Å². The number of halogens is 3. The number of nitrogens with one attached hydrogen (secondary N) is 1. The van der Waals surface area contributed by atoms with Gasteiger partial charge in [-0.25, -0.2) is 0 Å². The highest BCUT2D eigenvalue weighted by molar-refractivity contribution is 5.76. The maximum Gasteiger partial charge on any atom is 0.397 e. The van der Waals surface area contributed by atoms with Gasteiger partial charge in [-0.15, -0.1) is 0 Å². The van der Waals surface area contributed by atoms with Crippen molar-refractivity contribution in [3.63, 3.8) is 0 Å². The number of carbonyl (C=O) groups is 1. The molecule has 1 amide bonds. The molecule has 1 unspecified atom stereocenters. The summed E-state index contributed by atoms with van der Waals surface area (Å²) in [6.07, 6.45) is -3.76. The third-order valence-corrected chi connectivity index (χ3v) is 2.96. The lowest BCUT2D eigenvalue weighted by molar-refractivity contribution is -0.161. The molecule has 0 aromatic heterocycles. The summed E-state index contributed by atoms with van der Waals surface area (Å²) in [6, 6.07) is 0. The van der Waals surface area contributed by atoms with E-state index >= 15 is 0 Å². The van der Waals surface area contributed by atoms with Gasteiger partial charge in [-0.2, -0.15) is 13.2 Å². The van der Waals surface area contributed by atoms with Crippen molar-refractivity contribution in [3.8, 4) is 0 Å². The van der Waals surface area contributed by atoms with Crippen LogP contribution in [0, 0.1) is 5.92 Å². The Labute approximate surface area is 99.4 Å². The lowest BCUT2D eigenvalue weighted by atomic mass is 9.99. The average Bonchev–Trinajstić information content (AvgIpc) is 2.24. The minimum Gasteiger partial charge on any atom is -0.342 e. The van der Waals surface area contributed by atoms with Gasteiger partial charge in [0.1, 0.15) is 6.42 Å². The van der Waals surface area contributed by atoms with Crippen LogP contribution in [-0.4, -0.2) is 43.2 Å². The van der Waals surface area contributed by atoms with Gasteiger partial charge >= 0.3 is 6.18 Å². The largest absolute Gasteiger partial charge is 0.397 e. The SMILES string of the molecule is CCN(CC1CCCNC1)C(=O)CC(F)(F)F. The van der Waals surface area contributed by atoms with Crippen LogP contribution in [0.2, 0.25) is 0 Å². The first-order chi connectivity index (χ1) is 7.92. The van der Waals surface area contributed by atoms with Crippen LogP contribution in [0.5, 0.6) is 0 Å². The molecule has 0 bridgehead atoms. The second-order valence-corrected chi connectivity index (χ2v) is 4.44. The normalized spacial score (nSPS) is 21.3. The number of amides is 1. The van der Waals surface area contributed by atoms with Crippen molar-refractivity contribution in [2.45, 2.75) is 32.4 Å². The van der Waals surface area contributed by atoms with Gasteiger partial charge in [-0.05, 0) is 38.8 Å². The van der Waals surface area contributed by atoms with E-state index in [0.29, 0.717) is 13.1 Å². The zero-order chi connectivity index (χ0) is 12.9. The summed E-state index contributed by atoms with van der Waals surface area (Å²) in [5, 5.41) is 3.19. The number of hydrogen-bond donors (Lipinski definition) is 1. The second-order valence-electron chi connectivity index (χ2n) is 4.44. The Bertz CT molecular complexity index is 250. The molecule has 1 rings (SSSR count). The molecular formula is C11H19F3N2O. The van der Waals surface area contributed by atoms with Crippen molar-refractivity contribution in [2.24, 2.45) is 5.92 Å². The van der Waals surface area contributed by atoms with Gasteiger partial charge in [0.15, 0.2) is 0 Å². The number of nitrogens with zero attached hydrogens (tertiary/aromatic N) is 1. The second kappa shape index (κ2) is 6.23. The first-order valence-corrected chi connectivity index (χ1v) is 5.97. The third-order valence-electron chi connectivity index (χ3n) is 2.96. The molecule has 17 heavy (non-hydrogen) atoms. The molecule has 0 saturated carbocycles. The zero-order valence-corrected chi connectivity index (χ0v) is 10.0. The first kappa shape index (κ1) is 14.3. The van der Waals surface area contributed by atoms with Crippen molar-refractivity contribution in [1.29, 1.82) is 0 Å². The summed E-state index contributed by atoms with van der Waals surface area (Å²) in [5.74, 6) is -0.536. The Morgan fingerprint density at radius 2 is 2.18 bits per heavy atom. The van der Waals surface area contributed by atoms with E-state index in [-0.39, 0.29) is 5.92 Å². The Morgan fingerprint density at radius 1 is 1.47 bits per heavy atom. The quantitative estimate of drug-likeness (QED) is 0.827. The van der Waals surface area contributed by atoms with Crippen LogP contribution in [0.1, 0.15) is 26.2 Å². The third kappa shape index (κ3) is 5.39. The molecule has 1 heterocycles. The molecule has 0 radical (unpaired) electrons. The number of carbonyl (C=O) groups excluding carboxylic acids is 1. The molecule has 6 heteroatoms. The fourth-order valence-electron chi connectivity index (χ4n) is 2.08. The molecule has 0 aliphatic carbocycles. The fourth-order valence-corrected chi connectivity index (χ4v) is 2.08. The highest BCUT2D eigenvalue weighted by Crippen LogP contribution is 2.21. The van der Waals surface area contributed by atoms with Gasteiger partial charge in [-0.3, -0.25) is 4.79 Å². The number of rotatable bonds is 4. The standard InChI is InChI=1S/C11H19F3N2O/c1-2-16(10(17)6-11(12,13)14)8-9-4-3-5-15-7-9/h9,15H,2-8H2,1H3. The van der Waals surface area contributed by atoms with Crippen LogP contribution in [0.25, 0.3) is 0 Å². The van der Waals surface area contributed by atoms with E-state index in [1.807, 2.05) is 0 Å². The highest BCUT2D eigenvalue weighted by Gasteiger charge is 2.33. The molecule has 0 aromatic rings. The van der Waals surface area contributed by atoms with E-state index in [0.717, 1.165) is 25.9 Å². The summed E-state index contributed by atoms with van der Waals surface area (Å²) in [7, 11) is 0. The van der Waals surface area contributed by atoms with E-state index in [1.165, 1.54) is 4.90 Å². The maximum atomic E-state index is 12.1. The van der Waals surface area contributed by atoms with Crippen molar-refractivity contribution >= 4 is 5.91 Å². The van der Waals surface area contributed by atoms with Crippen LogP contribution in [-0.2, 0) is 4.79 Å². The van der Waals surface area contributed by atoms with E-state index in [4.69, 9.17) is 0 Å². The van der Waals surface area contributed by atoms with Gasteiger partial charge in [0.25, 0.3) is 0 Å². The van der Waals surface area contributed by atoms with Gasteiger partial charge in [0.2, 0.25) is 5.91 Å². The molecule has 1 aliphatic rings. The fraction of sp³-hybridized carbons (Fsp3) is 0.909. The Hall–Kier alpha value is -0.780. The Kier molecular flexibility index (Phi) is 5.24. The average molecular weight is 252 g/mol. The molecule has 1 N–H and O–H groups in total. The van der Waals surface area contributed by atoms with Gasteiger partial charge in [-0.1, -0.05) is 0 Å². The van der Waals surface area contributed by atoms with E-state index in [2.05, 4.69) is 5.32 Å². The molecule has 0 spiro atoms. The molecular weight excluding hydrogens is 233 g/mol. The van der Waals surface area contributed by atoms with E-state index in [1.54, 1.807) is 6.92 Å². The predicted molar refractivity (Wildman–Crippen MR) is 58.5 cm³/mol. The smallest absolute Gasteiger partial charge is 0.342 e. The van der Waals surface area contributed by atoms with Crippen molar-refractivity contribution < 1.29 is 18.0 Å². The monoisotopic (exact) mass is 252 g/mol. The first-order valence-electron chi connectivity index (χ1n) is 5.97. The van der Waals surface area contributed by atoms with Crippen LogP contribution in [0.3, 0.4) is 0 Å². The van der Waals surface area contributed by atoms with E-state index < -0.39 is 18.5 Å². The molecule has 100 valence electrons. The zero-order valence-electron chi connectivity index (χ0n) is 10.0.